The summed E-state index contributed by atoms with van der Waals surface area (Å²) in [6.07, 6.45) is 1.38. The van der Waals surface area contributed by atoms with Gasteiger partial charge in [0.05, 0.1) is 18.8 Å². The van der Waals surface area contributed by atoms with E-state index in [0.29, 0.717) is 19.1 Å². The summed E-state index contributed by atoms with van der Waals surface area (Å²) in [5.74, 6) is 1.42. The highest BCUT2D eigenvalue weighted by atomic mass is 35.5. The summed E-state index contributed by atoms with van der Waals surface area (Å²) in [5, 5.41) is 0. The molecule has 0 saturated carbocycles. The molecule has 1 heterocycles. The highest BCUT2D eigenvalue weighted by Crippen LogP contribution is 2.36. The van der Waals surface area contributed by atoms with E-state index in [0.717, 1.165) is 24.2 Å². The third kappa shape index (κ3) is 4.10. The summed E-state index contributed by atoms with van der Waals surface area (Å²) in [5.41, 5.74) is 0.788. The molecule has 1 atom stereocenters. The molecule has 0 spiro atoms. The minimum Gasteiger partial charge on any atom is -0.493 e. The van der Waals surface area contributed by atoms with Crippen LogP contribution in [-0.2, 0) is 9.47 Å². The van der Waals surface area contributed by atoms with Crippen molar-refractivity contribution in [2.24, 2.45) is 0 Å². The molecule has 1 aromatic carbocycles. The summed E-state index contributed by atoms with van der Waals surface area (Å²) >= 11 is 5.66. The minimum absolute atomic E-state index is 0.161. The van der Waals surface area contributed by atoms with Gasteiger partial charge in [-0.3, -0.25) is 0 Å². The molecule has 3 nitrogen and oxygen atoms in total. The smallest absolute Gasteiger partial charge is 0.187 e. The highest BCUT2D eigenvalue weighted by molar-refractivity contribution is 6.17. The van der Waals surface area contributed by atoms with E-state index in [9.17, 15) is 0 Å². The van der Waals surface area contributed by atoms with Crippen LogP contribution < -0.4 is 4.74 Å². The monoisotopic (exact) mass is 284 g/mol. The Bertz CT molecular complexity index is 406. The van der Waals surface area contributed by atoms with Crippen molar-refractivity contribution in [1.82, 2.24) is 0 Å². The first kappa shape index (κ1) is 14.6. The Labute approximate surface area is 119 Å². The normalized spacial score (nSPS) is 22.2. The second-order valence-electron chi connectivity index (χ2n) is 5.26. The van der Waals surface area contributed by atoms with Crippen molar-refractivity contribution in [2.45, 2.75) is 38.6 Å². The summed E-state index contributed by atoms with van der Waals surface area (Å²) in [6.45, 7) is 5.48. The van der Waals surface area contributed by atoms with Crippen molar-refractivity contribution in [3.63, 3.8) is 0 Å². The number of hydrogen-bond acceptors (Lipinski definition) is 3. The minimum atomic E-state index is -0.351. The van der Waals surface area contributed by atoms with Crippen molar-refractivity contribution in [1.29, 1.82) is 0 Å². The standard InChI is InChI=1S/C15H21ClO3/c1-15(2)8-11-18-14(19-15)12-6-3-4-7-13(12)17-10-5-9-16/h3-4,6-7,14H,5,8-11H2,1-2H3. The Morgan fingerprint density at radius 1 is 1.37 bits per heavy atom. The fourth-order valence-electron chi connectivity index (χ4n) is 1.99. The molecule has 4 heteroatoms. The number of alkyl halides is 1. The zero-order valence-electron chi connectivity index (χ0n) is 11.5. The van der Waals surface area contributed by atoms with Gasteiger partial charge in [0, 0.05) is 11.4 Å². The van der Waals surface area contributed by atoms with Crippen molar-refractivity contribution in [3.05, 3.63) is 29.8 Å². The van der Waals surface area contributed by atoms with E-state index in [1.807, 2.05) is 24.3 Å². The van der Waals surface area contributed by atoms with E-state index in [1.54, 1.807) is 0 Å². The van der Waals surface area contributed by atoms with Crippen LogP contribution in [0.15, 0.2) is 24.3 Å². The molecule has 0 aromatic heterocycles. The maximum atomic E-state index is 5.98. The number of ether oxygens (including phenoxy) is 3. The second kappa shape index (κ2) is 6.60. The fraction of sp³-hybridized carbons (Fsp3) is 0.600. The van der Waals surface area contributed by atoms with Gasteiger partial charge < -0.3 is 14.2 Å². The molecular weight excluding hydrogens is 264 g/mol. The van der Waals surface area contributed by atoms with Gasteiger partial charge >= 0.3 is 0 Å². The summed E-state index contributed by atoms with van der Waals surface area (Å²) in [6, 6.07) is 7.85. The third-order valence-electron chi connectivity index (χ3n) is 3.11. The van der Waals surface area contributed by atoms with Gasteiger partial charge in [-0.1, -0.05) is 18.2 Å². The van der Waals surface area contributed by atoms with Crippen LogP contribution in [0.1, 0.15) is 38.5 Å². The van der Waals surface area contributed by atoms with Gasteiger partial charge in [-0.15, -0.1) is 11.6 Å². The van der Waals surface area contributed by atoms with Crippen LogP contribution in [0.25, 0.3) is 0 Å². The maximum Gasteiger partial charge on any atom is 0.187 e. The van der Waals surface area contributed by atoms with Crippen molar-refractivity contribution >= 4 is 11.6 Å². The van der Waals surface area contributed by atoms with Crippen LogP contribution in [0, 0.1) is 0 Å². The predicted octanol–water partition coefficient (Wildman–Crippen LogP) is 3.91. The van der Waals surface area contributed by atoms with E-state index in [1.165, 1.54) is 0 Å². The van der Waals surface area contributed by atoms with E-state index < -0.39 is 0 Å². The first-order chi connectivity index (χ1) is 9.12. The summed E-state index contributed by atoms with van der Waals surface area (Å²) < 4.78 is 17.5. The van der Waals surface area contributed by atoms with Gasteiger partial charge in [0.15, 0.2) is 6.29 Å². The molecule has 0 radical (unpaired) electrons. The van der Waals surface area contributed by atoms with Crippen molar-refractivity contribution in [2.75, 3.05) is 19.1 Å². The molecule has 1 unspecified atom stereocenters. The third-order valence-corrected chi connectivity index (χ3v) is 3.38. The lowest BCUT2D eigenvalue weighted by Crippen LogP contribution is -2.34. The van der Waals surface area contributed by atoms with E-state index in [4.69, 9.17) is 25.8 Å². The van der Waals surface area contributed by atoms with Crippen LogP contribution in [0.4, 0.5) is 0 Å². The Morgan fingerprint density at radius 3 is 2.89 bits per heavy atom. The number of rotatable bonds is 5. The molecule has 106 valence electrons. The van der Waals surface area contributed by atoms with Crippen molar-refractivity contribution < 1.29 is 14.2 Å². The number of para-hydroxylation sites is 1. The number of hydrogen-bond donors (Lipinski definition) is 0. The SMILES string of the molecule is CC1(C)CCOC(c2ccccc2OCCCCl)O1. The molecule has 19 heavy (non-hydrogen) atoms. The van der Waals surface area contributed by atoms with Gasteiger partial charge in [-0.25, -0.2) is 0 Å². The quantitative estimate of drug-likeness (QED) is 0.606. The lowest BCUT2D eigenvalue weighted by atomic mass is 10.0. The maximum absolute atomic E-state index is 5.98. The predicted molar refractivity (Wildman–Crippen MR) is 75.7 cm³/mol. The van der Waals surface area contributed by atoms with Crippen LogP contribution in [0.3, 0.4) is 0 Å². The van der Waals surface area contributed by atoms with E-state index in [2.05, 4.69) is 13.8 Å². The van der Waals surface area contributed by atoms with Gasteiger partial charge in [0.2, 0.25) is 0 Å². The summed E-state index contributed by atoms with van der Waals surface area (Å²) in [4.78, 5) is 0. The molecule has 1 aromatic rings. The molecule has 0 N–H and O–H groups in total. The molecule has 0 amide bonds. The van der Waals surface area contributed by atoms with Crippen LogP contribution in [-0.4, -0.2) is 24.7 Å². The zero-order valence-corrected chi connectivity index (χ0v) is 12.3. The molecule has 2 rings (SSSR count). The molecule has 1 fully saturated rings. The molecule has 1 saturated heterocycles. The fourth-order valence-corrected chi connectivity index (χ4v) is 2.10. The largest absolute Gasteiger partial charge is 0.493 e. The van der Waals surface area contributed by atoms with Gasteiger partial charge in [-0.05, 0) is 32.8 Å². The topological polar surface area (TPSA) is 27.7 Å². The lowest BCUT2D eigenvalue weighted by molar-refractivity contribution is -0.250. The first-order valence-electron chi connectivity index (χ1n) is 6.69. The Hall–Kier alpha value is -0.770. The summed E-state index contributed by atoms with van der Waals surface area (Å²) in [7, 11) is 0. The molecular formula is C15H21ClO3. The number of benzene rings is 1. The van der Waals surface area contributed by atoms with Crippen LogP contribution in [0.2, 0.25) is 0 Å². The zero-order chi connectivity index (χ0) is 13.7. The molecule has 1 aliphatic rings. The Kier molecular flexibility index (Phi) is 5.08. The first-order valence-corrected chi connectivity index (χ1v) is 7.23. The van der Waals surface area contributed by atoms with E-state index >= 15 is 0 Å². The van der Waals surface area contributed by atoms with Gasteiger partial charge in [-0.2, -0.15) is 0 Å². The molecule has 1 aliphatic heterocycles. The average molecular weight is 285 g/mol. The highest BCUT2D eigenvalue weighted by Gasteiger charge is 2.31. The van der Waals surface area contributed by atoms with Crippen LogP contribution in [0.5, 0.6) is 5.75 Å². The lowest BCUT2D eigenvalue weighted by Gasteiger charge is -2.36. The Balaban J connectivity index is 2.10. The Morgan fingerprint density at radius 2 is 2.16 bits per heavy atom. The average Bonchev–Trinajstić information content (AvgIpc) is 2.38. The second-order valence-corrected chi connectivity index (χ2v) is 5.64. The van der Waals surface area contributed by atoms with Gasteiger partial charge in [0.25, 0.3) is 0 Å². The van der Waals surface area contributed by atoms with Crippen molar-refractivity contribution in [3.8, 4) is 5.75 Å². The molecule has 0 aliphatic carbocycles. The number of halogens is 1. The van der Waals surface area contributed by atoms with E-state index in [-0.39, 0.29) is 11.9 Å². The molecule has 0 bridgehead atoms. The van der Waals surface area contributed by atoms with Crippen LogP contribution >= 0.6 is 11.6 Å². The van der Waals surface area contributed by atoms with Gasteiger partial charge in [0.1, 0.15) is 5.75 Å².